The summed E-state index contributed by atoms with van der Waals surface area (Å²) < 4.78 is 38.0. The van der Waals surface area contributed by atoms with Gasteiger partial charge in [-0.1, -0.05) is 20.8 Å². The van der Waals surface area contributed by atoms with Crippen LogP contribution in [0.25, 0.3) is 0 Å². The maximum absolute atomic E-state index is 13.7. The number of Topliss-reactive ketones (excluding diaryl/α,β-unsaturated/α-hetero) is 1. The van der Waals surface area contributed by atoms with Gasteiger partial charge in [-0.25, -0.2) is 8.42 Å². The minimum absolute atomic E-state index is 0.00648. The number of aliphatic carboxylic acids is 1. The summed E-state index contributed by atoms with van der Waals surface area (Å²) in [4.78, 5) is 24.7. The molecule has 0 amide bonds. The van der Waals surface area contributed by atoms with Crippen molar-refractivity contribution >= 4 is 22.2 Å². The molecule has 8 nitrogen and oxygen atoms in total. The second-order valence-corrected chi connectivity index (χ2v) is 12.7. The molecule has 0 unspecified atom stereocenters. The lowest BCUT2D eigenvalue weighted by Crippen LogP contribution is -2.61. The average molecular weight is 485 g/mol. The van der Waals surface area contributed by atoms with E-state index >= 15 is 0 Å². The second kappa shape index (κ2) is 8.57. The summed E-state index contributed by atoms with van der Waals surface area (Å²) in [6.07, 6.45) is 3.34. The molecule has 0 aromatic heterocycles. The Morgan fingerprint density at radius 2 is 1.91 bits per heavy atom. The van der Waals surface area contributed by atoms with Gasteiger partial charge in [-0.05, 0) is 92.3 Å². The Morgan fingerprint density at radius 1 is 1.21 bits per heavy atom. The van der Waals surface area contributed by atoms with Crippen LogP contribution in [0.3, 0.4) is 0 Å². The number of ketones is 1. The van der Waals surface area contributed by atoms with Crippen LogP contribution < -0.4 is 5.11 Å². The van der Waals surface area contributed by atoms with E-state index in [-0.39, 0.29) is 53.1 Å². The minimum atomic E-state index is -4.78. The molecule has 0 radical (unpaired) electrons. The zero-order chi connectivity index (χ0) is 24.3. The van der Waals surface area contributed by atoms with Crippen molar-refractivity contribution in [2.75, 3.05) is 0 Å². The number of carboxylic acids is 1. The fourth-order valence-corrected chi connectivity index (χ4v) is 9.15. The van der Waals surface area contributed by atoms with E-state index in [9.17, 15) is 32.8 Å². The number of aliphatic hydroxyl groups is 1. The fourth-order valence-electron chi connectivity index (χ4n) is 8.64. The molecule has 0 aromatic carbocycles. The molecule has 10 atom stereocenters. The number of carboxylic acid groups (broad SMARTS) is 1. The van der Waals surface area contributed by atoms with E-state index in [0.717, 1.165) is 12.8 Å². The summed E-state index contributed by atoms with van der Waals surface area (Å²) >= 11 is 0. The van der Waals surface area contributed by atoms with Crippen molar-refractivity contribution in [2.24, 2.45) is 46.3 Å². The number of carbonyl (C=O) groups is 2. The average Bonchev–Trinajstić information content (AvgIpc) is 3.05. The van der Waals surface area contributed by atoms with Crippen LogP contribution in [0.2, 0.25) is 0 Å². The lowest BCUT2D eigenvalue weighted by atomic mass is 9.43. The van der Waals surface area contributed by atoms with E-state index in [1.165, 1.54) is 0 Å². The Bertz CT molecular complexity index is 902. The number of carbonyl (C=O) groups excluding carboxylic acids is 2. The lowest BCUT2D eigenvalue weighted by Gasteiger charge is -2.61. The third-order valence-electron chi connectivity index (χ3n) is 10.3. The van der Waals surface area contributed by atoms with Crippen LogP contribution >= 0.6 is 0 Å². The summed E-state index contributed by atoms with van der Waals surface area (Å²) in [5, 5.41) is 22.3. The van der Waals surface area contributed by atoms with Crippen LogP contribution in [0.4, 0.5) is 0 Å². The standard InChI is InChI=1S/C24H38O8S/c1-13(4-7-21(27)28)16-5-6-17-22-18(12-20(26)24(16,17)3)23(2)9-8-15(32-33(29,30)31)10-14(23)11-19(22)25/h13-19,22,25H,4-12H2,1-3H3,(H,27,28)(H,29,30,31)/p-2/t13-,14+,15-,16-,17+,18+,19-,22+,23+,24-/m1/s1. The van der Waals surface area contributed by atoms with Crippen molar-refractivity contribution in [3.8, 4) is 0 Å². The van der Waals surface area contributed by atoms with E-state index in [0.29, 0.717) is 38.5 Å². The molecule has 4 aliphatic carbocycles. The molecule has 0 spiro atoms. The number of fused-ring (bicyclic) bond motifs is 5. The molecule has 4 saturated carbocycles. The van der Waals surface area contributed by atoms with Gasteiger partial charge in [-0.3, -0.25) is 8.98 Å². The molecule has 9 heteroatoms. The Labute approximate surface area is 196 Å². The highest BCUT2D eigenvalue weighted by Gasteiger charge is 2.66. The van der Waals surface area contributed by atoms with Gasteiger partial charge in [0.2, 0.25) is 10.4 Å². The van der Waals surface area contributed by atoms with Crippen LogP contribution in [-0.4, -0.2) is 42.0 Å². The van der Waals surface area contributed by atoms with Crippen LogP contribution in [0.5, 0.6) is 0 Å². The van der Waals surface area contributed by atoms with Crippen LogP contribution in [0.15, 0.2) is 0 Å². The van der Waals surface area contributed by atoms with Gasteiger partial charge in [0, 0.05) is 17.8 Å². The quantitative estimate of drug-likeness (QED) is 0.444. The highest BCUT2D eigenvalue weighted by Crippen LogP contribution is 2.67. The van der Waals surface area contributed by atoms with Gasteiger partial charge in [-0.15, -0.1) is 0 Å². The topological polar surface area (TPSA) is 144 Å². The summed E-state index contributed by atoms with van der Waals surface area (Å²) in [5.41, 5.74) is -0.778. The van der Waals surface area contributed by atoms with Gasteiger partial charge >= 0.3 is 0 Å². The van der Waals surface area contributed by atoms with Crippen molar-refractivity contribution in [3.63, 3.8) is 0 Å². The molecule has 0 aromatic rings. The monoisotopic (exact) mass is 484 g/mol. The van der Waals surface area contributed by atoms with Crippen LogP contribution in [-0.2, 0) is 24.2 Å². The van der Waals surface area contributed by atoms with Crippen LogP contribution in [0.1, 0.15) is 78.6 Å². The van der Waals surface area contributed by atoms with Gasteiger partial charge < -0.3 is 19.6 Å². The second-order valence-electron chi connectivity index (χ2n) is 11.7. The Hall–Kier alpha value is -1.03. The maximum Gasteiger partial charge on any atom is 0.217 e. The Kier molecular flexibility index (Phi) is 6.51. The molecule has 0 heterocycles. The fraction of sp³-hybridized carbons (Fsp3) is 0.917. The highest BCUT2D eigenvalue weighted by molar-refractivity contribution is 7.80. The molecule has 0 aliphatic heterocycles. The first-order valence-corrected chi connectivity index (χ1v) is 13.7. The van der Waals surface area contributed by atoms with E-state index in [2.05, 4.69) is 6.92 Å². The van der Waals surface area contributed by atoms with E-state index in [4.69, 9.17) is 4.18 Å². The van der Waals surface area contributed by atoms with E-state index in [1.807, 2.05) is 13.8 Å². The van der Waals surface area contributed by atoms with Gasteiger partial charge in [0.25, 0.3) is 0 Å². The van der Waals surface area contributed by atoms with Gasteiger partial charge in [0.05, 0.1) is 12.2 Å². The first kappa shape index (κ1) is 25.1. The molecule has 0 bridgehead atoms. The summed E-state index contributed by atoms with van der Waals surface area (Å²) in [5.74, 6) is -0.613. The molecular weight excluding hydrogens is 448 g/mol. The predicted molar refractivity (Wildman–Crippen MR) is 115 cm³/mol. The molecular formula is C24H36O8S-2. The first-order valence-electron chi connectivity index (χ1n) is 12.3. The zero-order valence-electron chi connectivity index (χ0n) is 19.7. The SMILES string of the molecule is C[C@H](CCC(=O)[O-])[C@H]1CC[C@H]2[C@@H]3[C@H](O)C[C@@H]4C[C@H](OS(=O)(=O)[O-])CC[C@]4(C)[C@H]3CC(=O)[C@]12C. The molecule has 4 rings (SSSR count). The first-order chi connectivity index (χ1) is 15.3. The van der Waals surface area contributed by atoms with Gasteiger partial charge in [0.15, 0.2) is 0 Å². The normalized spacial score (nSPS) is 46.2. The van der Waals surface area contributed by atoms with Crippen LogP contribution in [0, 0.1) is 46.3 Å². The Balaban J connectivity index is 1.57. The smallest absolute Gasteiger partial charge is 0.217 e. The Morgan fingerprint density at radius 3 is 2.55 bits per heavy atom. The lowest BCUT2D eigenvalue weighted by molar-refractivity contribution is -0.306. The molecule has 0 saturated heterocycles. The molecule has 188 valence electrons. The van der Waals surface area contributed by atoms with Crippen molar-refractivity contribution in [2.45, 2.75) is 90.8 Å². The molecule has 4 fully saturated rings. The summed E-state index contributed by atoms with van der Waals surface area (Å²) in [6, 6.07) is 0. The highest BCUT2D eigenvalue weighted by atomic mass is 32.3. The summed E-state index contributed by atoms with van der Waals surface area (Å²) in [7, 11) is -4.78. The van der Waals surface area contributed by atoms with Crippen molar-refractivity contribution < 1.29 is 37.0 Å². The van der Waals surface area contributed by atoms with E-state index in [1.54, 1.807) is 0 Å². The van der Waals surface area contributed by atoms with E-state index < -0.39 is 34.0 Å². The largest absolute Gasteiger partial charge is 0.726 e. The van der Waals surface area contributed by atoms with Gasteiger partial charge in [-0.2, -0.15) is 0 Å². The van der Waals surface area contributed by atoms with Gasteiger partial charge in [0.1, 0.15) is 5.78 Å². The molecule has 4 aliphatic rings. The van der Waals surface area contributed by atoms with Crippen molar-refractivity contribution in [1.29, 1.82) is 0 Å². The zero-order valence-corrected chi connectivity index (χ0v) is 20.5. The third-order valence-corrected chi connectivity index (χ3v) is 10.8. The number of rotatable bonds is 6. The number of hydrogen-bond donors (Lipinski definition) is 1. The number of hydrogen-bond acceptors (Lipinski definition) is 8. The molecule has 1 N–H and O–H groups in total. The number of aliphatic hydroxyl groups excluding tert-OH is 1. The van der Waals surface area contributed by atoms with Crippen molar-refractivity contribution in [1.82, 2.24) is 0 Å². The predicted octanol–water partition coefficient (Wildman–Crippen LogP) is 1.81. The van der Waals surface area contributed by atoms with Crippen molar-refractivity contribution in [3.05, 3.63) is 0 Å². The molecule has 33 heavy (non-hydrogen) atoms. The summed E-state index contributed by atoms with van der Waals surface area (Å²) in [6.45, 7) is 6.23. The maximum atomic E-state index is 13.7. The third kappa shape index (κ3) is 4.28. The minimum Gasteiger partial charge on any atom is -0.726 e.